The lowest BCUT2D eigenvalue weighted by Gasteiger charge is -2.32. The Labute approximate surface area is 112 Å². The van der Waals surface area contributed by atoms with E-state index in [4.69, 9.17) is 11.6 Å². The molecule has 0 bridgehead atoms. The Hall–Kier alpha value is -1.35. The van der Waals surface area contributed by atoms with Crippen molar-refractivity contribution in [3.8, 4) is 0 Å². The van der Waals surface area contributed by atoms with Gasteiger partial charge in [0.25, 0.3) is 0 Å². The van der Waals surface area contributed by atoms with Gasteiger partial charge in [0.1, 0.15) is 0 Å². The van der Waals surface area contributed by atoms with E-state index in [1.807, 2.05) is 24.3 Å². The van der Waals surface area contributed by atoms with Gasteiger partial charge >= 0.3 is 0 Å². The van der Waals surface area contributed by atoms with Crippen molar-refractivity contribution in [1.29, 1.82) is 0 Å². The van der Waals surface area contributed by atoms with Crippen LogP contribution in [0.4, 0.5) is 5.82 Å². The Morgan fingerprint density at radius 1 is 1.22 bits per heavy atom. The van der Waals surface area contributed by atoms with Crippen LogP contribution in [-0.4, -0.2) is 16.2 Å². The molecule has 4 heteroatoms. The smallest absolute Gasteiger partial charge is 0.159 e. The summed E-state index contributed by atoms with van der Waals surface area (Å²) in [6.07, 6.45) is 3.98. The maximum atomic E-state index is 6.07. The lowest BCUT2D eigenvalue weighted by Crippen LogP contribution is -2.31. The summed E-state index contributed by atoms with van der Waals surface area (Å²) in [6, 6.07) is 8.42. The van der Waals surface area contributed by atoms with E-state index in [-0.39, 0.29) is 0 Å². The molecule has 1 aromatic carbocycles. The van der Waals surface area contributed by atoms with E-state index in [2.05, 4.69) is 22.4 Å². The van der Waals surface area contributed by atoms with Crippen molar-refractivity contribution in [3.05, 3.63) is 29.4 Å². The van der Waals surface area contributed by atoms with Gasteiger partial charge in [-0.15, -0.1) is 10.2 Å². The summed E-state index contributed by atoms with van der Waals surface area (Å²) in [6.45, 7) is 2.22. The number of nitrogens with zero attached hydrogens (tertiary/aromatic N) is 2. The van der Waals surface area contributed by atoms with Crippen LogP contribution in [0.1, 0.15) is 26.2 Å². The van der Waals surface area contributed by atoms with Gasteiger partial charge in [0, 0.05) is 16.8 Å². The zero-order valence-electron chi connectivity index (χ0n) is 10.4. The zero-order chi connectivity index (χ0) is 12.5. The van der Waals surface area contributed by atoms with Crippen LogP contribution in [0, 0.1) is 5.92 Å². The first kappa shape index (κ1) is 11.7. The van der Waals surface area contributed by atoms with Crippen LogP contribution in [0.3, 0.4) is 0 Å². The largest absolute Gasteiger partial charge is 0.365 e. The van der Waals surface area contributed by atoms with Crippen molar-refractivity contribution in [2.24, 2.45) is 5.92 Å². The molecule has 1 unspecified atom stereocenters. The molecule has 3 nitrogen and oxygen atoms in total. The number of anilines is 1. The molecule has 0 spiro atoms. The molecule has 0 radical (unpaired) electrons. The van der Waals surface area contributed by atoms with Gasteiger partial charge in [0.05, 0.1) is 0 Å². The van der Waals surface area contributed by atoms with E-state index in [0.717, 1.165) is 22.5 Å². The predicted octanol–water partition coefficient (Wildman–Crippen LogP) is 3.88. The molecule has 1 aromatic heterocycles. The molecular weight excluding hydrogens is 246 g/mol. The highest BCUT2D eigenvalue weighted by molar-refractivity contribution is 6.34. The maximum Gasteiger partial charge on any atom is 0.159 e. The summed E-state index contributed by atoms with van der Waals surface area (Å²) >= 11 is 6.07. The fourth-order valence-electron chi connectivity index (χ4n) is 2.45. The first-order valence-corrected chi connectivity index (χ1v) is 6.81. The van der Waals surface area contributed by atoms with Crippen LogP contribution in [0.25, 0.3) is 10.8 Å². The molecular formula is C14H16ClN3. The highest BCUT2D eigenvalue weighted by atomic mass is 35.5. The molecule has 2 aromatic rings. The Morgan fingerprint density at radius 2 is 1.94 bits per heavy atom. The molecule has 0 amide bonds. The molecule has 1 saturated carbocycles. The number of rotatable bonds is 3. The average Bonchev–Trinajstić information content (AvgIpc) is 2.31. The topological polar surface area (TPSA) is 37.8 Å². The SMILES string of the molecule is CC(Nc1nnc(Cl)c2ccccc12)C1CCC1. The van der Waals surface area contributed by atoms with Crippen LogP contribution in [0.5, 0.6) is 0 Å². The van der Waals surface area contributed by atoms with Crippen molar-refractivity contribution in [2.75, 3.05) is 5.32 Å². The second kappa shape index (κ2) is 4.73. The molecule has 18 heavy (non-hydrogen) atoms. The van der Waals surface area contributed by atoms with Gasteiger partial charge in [-0.2, -0.15) is 0 Å². The molecule has 1 heterocycles. The summed E-state index contributed by atoms with van der Waals surface area (Å²) in [5.74, 6) is 1.61. The number of aromatic nitrogens is 2. The Morgan fingerprint density at radius 3 is 2.61 bits per heavy atom. The fourth-order valence-corrected chi connectivity index (χ4v) is 2.65. The third-order valence-electron chi connectivity index (χ3n) is 3.86. The number of nitrogens with one attached hydrogen (secondary N) is 1. The van der Waals surface area contributed by atoms with Crippen LogP contribution < -0.4 is 5.32 Å². The molecule has 1 N–H and O–H groups in total. The Balaban J connectivity index is 1.94. The van der Waals surface area contributed by atoms with Gasteiger partial charge in [-0.3, -0.25) is 0 Å². The van der Waals surface area contributed by atoms with Crippen LogP contribution in [-0.2, 0) is 0 Å². The monoisotopic (exact) mass is 261 g/mol. The predicted molar refractivity (Wildman–Crippen MR) is 75.0 cm³/mol. The van der Waals surface area contributed by atoms with Crippen LogP contribution in [0.15, 0.2) is 24.3 Å². The number of fused-ring (bicyclic) bond motifs is 1. The number of benzene rings is 1. The van der Waals surface area contributed by atoms with E-state index < -0.39 is 0 Å². The molecule has 1 atom stereocenters. The minimum atomic E-state index is 0.442. The minimum Gasteiger partial charge on any atom is -0.365 e. The standard InChI is InChI=1S/C14H16ClN3/c1-9(10-5-4-6-10)16-14-12-8-3-2-7-11(12)13(15)17-18-14/h2-3,7-10H,4-6H2,1H3,(H,16,18). The van der Waals surface area contributed by atoms with E-state index in [1.54, 1.807) is 0 Å². The van der Waals surface area contributed by atoms with E-state index >= 15 is 0 Å². The van der Waals surface area contributed by atoms with Gasteiger partial charge in [-0.25, -0.2) is 0 Å². The summed E-state index contributed by atoms with van der Waals surface area (Å²) in [5, 5.41) is 14.2. The third-order valence-corrected chi connectivity index (χ3v) is 4.14. The second-order valence-electron chi connectivity index (χ2n) is 5.01. The fraction of sp³-hybridized carbons (Fsp3) is 0.429. The molecule has 94 valence electrons. The van der Waals surface area contributed by atoms with Gasteiger partial charge in [-0.05, 0) is 25.7 Å². The van der Waals surface area contributed by atoms with Crippen molar-refractivity contribution >= 4 is 28.2 Å². The molecule has 1 aliphatic rings. The third kappa shape index (κ3) is 2.03. The summed E-state index contributed by atoms with van der Waals surface area (Å²) < 4.78 is 0. The van der Waals surface area contributed by atoms with Gasteiger partial charge < -0.3 is 5.32 Å². The van der Waals surface area contributed by atoms with Crippen molar-refractivity contribution < 1.29 is 0 Å². The quantitative estimate of drug-likeness (QED) is 0.911. The molecule has 0 saturated heterocycles. The normalized spacial score (nSPS) is 17.4. The van der Waals surface area contributed by atoms with Gasteiger partial charge in [0.15, 0.2) is 11.0 Å². The maximum absolute atomic E-state index is 6.07. The summed E-state index contributed by atoms with van der Waals surface area (Å²) in [4.78, 5) is 0. The lowest BCUT2D eigenvalue weighted by atomic mass is 9.80. The second-order valence-corrected chi connectivity index (χ2v) is 5.37. The molecule has 1 fully saturated rings. The van der Waals surface area contributed by atoms with E-state index in [9.17, 15) is 0 Å². The Bertz CT molecular complexity index is 566. The highest BCUT2D eigenvalue weighted by Gasteiger charge is 2.24. The van der Waals surface area contributed by atoms with Crippen LogP contribution >= 0.6 is 11.6 Å². The minimum absolute atomic E-state index is 0.442. The summed E-state index contributed by atoms with van der Waals surface area (Å²) in [7, 11) is 0. The van der Waals surface area contributed by atoms with Gasteiger partial charge in [0.2, 0.25) is 0 Å². The molecule has 1 aliphatic carbocycles. The van der Waals surface area contributed by atoms with Crippen molar-refractivity contribution in [3.63, 3.8) is 0 Å². The Kier molecular flexibility index (Phi) is 3.08. The van der Waals surface area contributed by atoms with Crippen molar-refractivity contribution in [1.82, 2.24) is 10.2 Å². The molecule has 0 aliphatic heterocycles. The highest BCUT2D eigenvalue weighted by Crippen LogP contribution is 2.32. The first-order valence-electron chi connectivity index (χ1n) is 6.43. The van der Waals surface area contributed by atoms with E-state index in [1.165, 1.54) is 19.3 Å². The number of hydrogen-bond donors (Lipinski definition) is 1. The number of halogens is 1. The molecule has 3 rings (SSSR count). The zero-order valence-corrected chi connectivity index (χ0v) is 11.1. The van der Waals surface area contributed by atoms with Crippen molar-refractivity contribution in [2.45, 2.75) is 32.2 Å². The van der Waals surface area contributed by atoms with Crippen LogP contribution in [0.2, 0.25) is 5.15 Å². The summed E-state index contributed by atoms with van der Waals surface area (Å²) in [5.41, 5.74) is 0. The van der Waals surface area contributed by atoms with Gasteiger partial charge in [-0.1, -0.05) is 42.3 Å². The van der Waals surface area contributed by atoms with E-state index in [0.29, 0.717) is 11.2 Å². The number of hydrogen-bond acceptors (Lipinski definition) is 3. The first-order chi connectivity index (χ1) is 8.75. The lowest BCUT2D eigenvalue weighted by molar-refractivity contribution is 0.285. The average molecular weight is 262 g/mol.